The molecule has 0 aliphatic carbocycles. The van der Waals surface area contributed by atoms with E-state index < -0.39 is 0 Å². The predicted octanol–water partition coefficient (Wildman–Crippen LogP) is 1.35. The average Bonchev–Trinajstić information content (AvgIpc) is 3.25. The number of anilines is 1. The van der Waals surface area contributed by atoms with Crippen LogP contribution in [0, 0.1) is 5.92 Å². The van der Waals surface area contributed by atoms with E-state index in [1.807, 2.05) is 24.4 Å². The third-order valence-corrected chi connectivity index (χ3v) is 4.40. The van der Waals surface area contributed by atoms with Gasteiger partial charge in [-0.1, -0.05) is 0 Å². The summed E-state index contributed by atoms with van der Waals surface area (Å²) in [7, 11) is 0. The summed E-state index contributed by atoms with van der Waals surface area (Å²) in [6, 6.07) is 6.37. The van der Waals surface area contributed by atoms with Gasteiger partial charge in [-0.2, -0.15) is 5.10 Å². The SMILES string of the molecule is O=C(Nc1cccnc1-n1cccn1)C1CC2CCC1N2. The van der Waals surface area contributed by atoms with Crippen LogP contribution in [0.1, 0.15) is 19.3 Å². The van der Waals surface area contributed by atoms with Crippen LogP contribution in [0.2, 0.25) is 0 Å². The van der Waals surface area contributed by atoms with Crippen LogP contribution >= 0.6 is 0 Å². The van der Waals surface area contributed by atoms with Crippen molar-refractivity contribution >= 4 is 11.6 Å². The maximum absolute atomic E-state index is 12.5. The molecular formula is C15H17N5O. The number of aromatic nitrogens is 3. The topological polar surface area (TPSA) is 71.8 Å². The summed E-state index contributed by atoms with van der Waals surface area (Å²) in [4.78, 5) is 16.8. The Bertz CT molecular complexity index is 654. The third-order valence-electron chi connectivity index (χ3n) is 4.40. The van der Waals surface area contributed by atoms with Gasteiger partial charge in [0.2, 0.25) is 5.91 Å². The monoisotopic (exact) mass is 283 g/mol. The molecule has 21 heavy (non-hydrogen) atoms. The Morgan fingerprint density at radius 2 is 2.29 bits per heavy atom. The lowest BCUT2D eigenvalue weighted by molar-refractivity contribution is -0.120. The zero-order valence-corrected chi connectivity index (χ0v) is 11.6. The van der Waals surface area contributed by atoms with Gasteiger partial charge in [0.1, 0.15) is 0 Å². The molecule has 108 valence electrons. The molecule has 6 nitrogen and oxygen atoms in total. The first-order valence-electron chi connectivity index (χ1n) is 7.33. The van der Waals surface area contributed by atoms with Gasteiger partial charge in [0, 0.05) is 30.7 Å². The van der Waals surface area contributed by atoms with E-state index in [0.717, 1.165) is 12.8 Å². The summed E-state index contributed by atoms with van der Waals surface area (Å²) < 4.78 is 1.66. The van der Waals surface area contributed by atoms with Gasteiger partial charge >= 0.3 is 0 Å². The summed E-state index contributed by atoms with van der Waals surface area (Å²) in [5.74, 6) is 0.789. The highest BCUT2D eigenvalue weighted by Crippen LogP contribution is 2.34. The molecule has 0 radical (unpaired) electrons. The van der Waals surface area contributed by atoms with E-state index in [9.17, 15) is 4.79 Å². The Kier molecular flexibility index (Phi) is 2.96. The van der Waals surface area contributed by atoms with Crippen molar-refractivity contribution < 1.29 is 4.79 Å². The van der Waals surface area contributed by atoms with E-state index in [4.69, 9.17) is 0 Å². The maximum atomic E-state index is 12.5. The van der Waals surface area contributed by atoms with Gasteiger partial charge in [0.05, 0.1) is 11.6 Å². The molecule has 2 aromatic heterocycles. The molecule has 2 bridgehead atoms. The second kappa shape index (κ2) is 4.96. The third kappa shape index (κ3) is 2.21. The van der Waals surface area contributed by atoms with Crippen molar-refractivity contribution in [3.05, 3.63) is 36.8 Å². The van der Waals surface area contributed by atoms with Crippen molar-refractivity contribution in [2.45, 2.75) is 31.3 Å². The van der Waals surface area contributed by atoms with E-state index in [2.05, 4.69) is 20.7 Å². The van der Waals surface area contributed by atoms with Crippen LogP contribution in [0.5, 0.6) is 0 Å². The number of carbonyl (C=O) groups is 1. The number of amides is 1. The van der Waals surface area contributed by atoms with E-state index in [-0.39, 0.29) is 11.8 Å². The normalized spacial score (nSPS) is 27.0. The first-order chi connectivity index (χ1) is 10.3. The molecule has 1 amide bonds. The van der Waals surface area contributed by atoms with Crippen LogP contribution in [0.4, 0.5) is 5.69 Å². The average molecular weight is 283 g/mol. The maximum Gasteiger partial charge on any atom is 0.229 e. The summed E-state index contributed by atoms with van der Waals surface area (Å²) >= 11 is 0. The van der Waals surface area contributed by atoms with Crippen LogP contribution in [-0.4, -0.2) is 32.8 Å². The highest BCUT2D eigenvalue weighted by molar-refractivity contribution is 5.94. The number of nitrogens with zero attached hydrogens (tertiary/aromatic N) is 3. The van der Waals surface area contributed by atoms with Crippen molar-refractivity contribution in [2.75, 3.05) is 5.32 Å². The second-order valence-corrected chi connectivity index (χ2v) is 5.70. The number of hydrogen-bond acceptors (Lipinski definition) is 4. The zero-order chi connectivity index (χ0) is 14.2. The highest BCUT2D eigenvalue weighted by atomic mass is 16.2. The Morgan fingerprint density at radius 1 is 1.33 bits per heavy atom. The van der Waals surface area contributed by atoms with Crippen LogP contribution < -0.4 is 10.6 Å². The molecule has 4 rings (SSSR count). The van der Waals surface area contributed by atoms with Crippen molar-refractivity contribution in [1.29, 1.82) is 0 Å². The summed E-state index contributed by atoms with van der Waals surface area (Å²) in [5.41, 5.74) is 0.703. The molecule has 4 heterocycles. The first kappa shape index (κ1) is 12.5. The lowest BCUT2D eigenvalue weighted by Gasteiger charge is -2.20. The van der Waals surface area contributed by atoms with Gasteiger partial charge in [-0.25, -0.2) is 9.67 Å². The number of hydrogen-bond donors (Lipinski definition) is 2. The van der Waals surface area contributed by atoms with Crippen LogP contribution in [0.15, 0.2) is 36.8 Å². The molecule has 3 atom stereocenters. The summed E-state index contributed by atoms with van der Waals surface area (Å²) in [5, 5.41) is 10.7. The van der Waals surface area contributed by atoms with Crippen molar-refractivity contribution in [1.82, 2.24) is 20.1 Å². The van der Waals surface area contributed by atoms with Crippen molar-refractivity contribution in [3.8, 4) is 5.82 Å². The standard InChI is InChI=1S/C15H17N5O/c21-15(11-9-10-4-5-12(11)18-10)19-13-3-1-6-16-14(13)20-8-2-7-17-20/h1-3,6-8,10-12,18H,4-5,9H2,(H,19,21). The quantitative estimate of drug-likeness (QED) is 0.892. The zero-order valence-electron chi connectivity index (χ0n) is 11.6. The molecule has 3 unspecified atom stereocenters. The van der Waals surface area contributed by atoms with Crippen molar-refractivity contribution in [3.63, 3.8) is 0 Å². The van der Waals surface area contributed by atoms with Crippen LogP contribution in [0.25, 0.3) is 5.82 Å². The molecule has 2 N–H and O–H groups in total. The smallest absolute Gasteiger partial charge is 0.229 e. The molecule has 2 aliphatic rings. The Labute approximate surface area is 122 Å². The van der Waals surface area contributed by atoms with Gasteiger partial charge in [-0.15, -0.1) is 0 Å². The largest absolute Gasteiger partial charge is 0.323 e. The minimum absolute atomic E-state index is 0.0643. The fourth-order valence-electron chi connectivity index (χ4n) is 3.41. The second-order valence-electron chi connectivity index (χ2n) is 5.70. The van der Waals surface area contributed by atoms with Gasteiger partial charge in [0.15, 0.2) is 5.82 Å². The van der Waals surface area contributed by atoms with Crippen LogP contribution in [-0.2, 0) is 4.79 Å². The highest BCUT2D eigenvalue weighted by Gasteiger charge is 2.42. The van der Waals surface area contributed by atoms with Crippen LogP contribution in [0.3, 0.4) is 0 Å². The van der Waals surface area contributed by atoms with E-state index in [1.54, 1.807) is 17.1 Å². The summed E-state index contributed by atoms with van der Waals surface area (Å²) in [6.45, 7) is 0. The fraction of sp³-hybridized carbons (Fsp3) is 0.400. The number of fused-ring (bicyclic) bond motifs is 2. The van der Waals surface area contributed by atoms with Gasteiger partial charge in [-0.05, 0) is 37.5 Å². The molecule has 6 heteroatoms. The molecule has 2 saturated heterocycles. The predicted molar refractivity (Wildman–Crippen MR) is 78.0 cm³/mol. The van der Waals surface area contributed by atoms with E-state index in [1.165, 1.54) is 6.42 Å². The number of pyridine rings is 1. The fourth-order valence-corrected chi connectivity index (χ4v) is 3.41. The molecule has 0 saturated carbocycles. The molecule has 2 aliphatic heterocycles. The van der Waals surface area contributed by atoms with Crippen molar-refractivity contribution in [2.24, 2.45) is 5.92 Å². The van der Waals surface area contributed by atoms with Gasteiger partial charge in [-0.3, -0.25) is 4.79 Å². The molecule has 2 aromatic rings. The Morgan fingerprint density at radius 3 is 3.00 bits per heavy atom. The van der Waals surface area contributed by atoms with E-state index in [0.29, 0.717) is 23.6 Å². The van der Waals surface area contributed by atoms with E-state index >= 15 is 0 Å². The lowest BCUT2D eigenvalue weighted by Crippen LogP contribution is -2.33. The Balaban J connectivity index is 1.56. The van der Waals surface area contributed by atoms with Gasteiger partial charge in [0.25, 0.3) is 0 Å². The minimum atomic E-state index is 0.0643. The number of carbonyl (C=O) groups excluding carboxylic acids is 1. The molecule has 0 aromatic carbocycles. The number of rotatable bonds is 3. The first-order valence-corrected chi connectivity index (χ1v) is 7.33. The number of nitrogens with one attached hydrogen (secondary N) is 2. The molecule has 2 fully saturated rings. The Hall–Kier alpha value is -2.21. The summed E-state index contributed by atoms with van der Waals surface area (Å²) in [6.07, 6.45) is 8.44. The lowest BCUT2D eigenvalue weighted by atomic mass is 9.88. The van der Waals surface area contributed by atoms with Gasteiger partial charge < -0.3 is 10.6 Å². The minimum Gasteiger partial charge on any atom is -0.323 e. The molecular weight excluding hydrogens is 266 g/mol. The molecule has 0 spiro atoms.